The molecule has 1 unspecified atom stereocenters. The maximum absolute atomic E-state index is 10.6. The number of hydrogen-bond acceptors (Lipinski definition) is 2. The van der Waals surface area contributed by atoms with E-state index in [1.54, 1.807) is 6.07 Å². The Morgan fingerprint density at radius 1 is 1.10 bits per heavy atom. The quantitative estimate of drug-likeness (QED) is 0.753. The molecule has 0 bridgehead atoms. The van der Waals surface area contributed by atoms with Crippen molar-refractivity contribution in [3.05, 3.63) is 61.0 Å². The Balaban J connectivity index is 2.08. The van der Waals surface area contributed by atoms with Crippen molar-refractivity contribution in [2.24, 2.45) is 0 Å². The molecule has 0 saturated carbocycles. The molecule has 0 saturated heterocycles. The van der Waals surface area contributed by atoms with Gasteiger partial charge in [-0.2, -0.15) is 0 Å². The number of hydrogen-bond donors (Lipinski definition) is 1. The van der Waals surface area contributed by atoms with Crippen LogP contribution in [0.3, 0.4) is 0 Å². The van der Waals surface area contributed by atoms with E-state index < -0.39 is 6.10 Å². The highest BCUT2D eigenvalue weighted by atomic mass is 79.9. The molecule has 0 spiro atoms. The predicted octanol–water partition coefficient (Wildman–Crippen LogP) is 4.88. The van der Waals surface area contributed by atoms with Crippen LogP contribution in [0.5, 0.6) is 5.75 Å². The lowest BCUT2D eigenvalue weighted by Gasteiger charge is -2.16. The Bertz CT molecular complexity index is 653. The van der Waals surface area contributed by atoms with E-state index in [0.29, 0.717) is 11.6 Å². The zero-order valence-electron chi connectivity index (χ0n) is 10.4. The number of fused-ring (bicyclic) bond motifs is 1. The lowest BCUT2D eigenvalue weighted by Crippen LogP contribution is -2.02. The van der Waals surface area contributed by atoms with Crippen LogP contribution in [-0.2, 0) is 6.42 Å². The summed E-state index contributed by atoms with van der Waals surface area (Å²) in [4.78, 5) is 0. The van der Waals surface area contributed by atoms with Crippen molar-refractivity contribution in [2.45, 2.75) is 12.5 Å². The van der Waals surface area contributed by atoms with Crippen LogP contribution in [0, 0.1) is 0 Å². The average Bonchev–Trinajstić information content (AvgIpc) is 2.83. The maximum atomic E-state index is 10.6. The molecule has 1 atom stereocenters. The summed E-state index contributed by atoms with van der Waals surface area (Å²) in [6, 6.07) is 9.37. The van der Waals surface area contributed by atoms with Gasteiger partial charge in [-0.05, 0) is 41.5 Å². The summed E-state index contributed by atoms with van der Waals surface area (Å²) in [6.07, 6.45) is 0.0620. The standard InChI is InChI=1S/C15H11Br2ClO2/c16-10-3-9(4-11(17)6-10)14(19)13-7-12(18)5-8-1-2-20-15(8)13/h3-7,14,19H,1-2H2. The molecule has 0 fully saturated rings. The van der Waals surface area contributed by atoms with Gasteiger partial charge in [-0.1, -0.05) is 43.5 Å². The summed E-state index contributed by atoms with van der Waals surface area (Å²) in [5.41, 5.74) is 2.56. The average molecular weight is 419 g/mol. The van der Waals surface area contributed by atoms with Crippen LogP contribution < -0.4 is 4.74 Å². The fourth-order valence-electron chi connectivity index (χ4n) is 2.41. The molecule has 0 aliphatic carbocycles. The second-order valence-electron chi connectivity index (χ2n) is 4.69. The second-order valence-corrected chi connectivity index (χ2v) is 6.95. The second kappa shape index (κ2) is 5.68. The molecule has 3 rings (SSSR count). The highest BCUT2D eigenvalue weighted by molar-refractivity contribution is 9.11. The first-order chi connectivity index (χ1) is 9.54. The van der Waals surface area contributed by atoms with Gasteiger partial charge in [-0.3, -0.25) is 0 Å². The van der Waals surface area contributed by atoms with Crippen LogP contribution >= 0.6 is 43.5 Å². The molecule has 20 heavy (non-hydrogen) atoms. The highest BCUT2D eigenvalue weighted by Gasteiger charge is 2.23. The van der Waals surface area contributed by atoms with Gasteiger partial charge in [-0.15, -0.1) is 0 Å². The van der Waals surface area contributed by atoms with Crippen molar-refractivity contribution in [1.82, 2.24) is 0 Å². The Labute approximate surface area is 139 Å². The van der Waals surface area contributed by atoms with Crippen molar-refractivity contribution in [2.75, 3.05) is 6.61 Å². The SMILES string of the molecule is OC(c1cc(Br)cc(Br)c1)c1cc(Cl)cc2c1OCC2. The van der Waals surface area contributed by atoms with E-state index in [2.05, 4.69) is 31.9 Å². The first-order valence-corrected chi connectivity index (χ1v) is 8.10. The summed E-state index contributed by atoms with van der Waals surface area (Å²) in [6.45, 7) is 0.636. The molecule has 0 aromatic heterocycles. The Hall–Kier alpha value is -0.550. The van der Waals surface area contributed by atoms with Gasteiger partial charge in [0.05, 0.1) is 6.61 Å². The van der Waals surface area contributed by atoms with Crippen molar-refractivity contribution in [3.8, 4) is 5.75 Å². The summed E-state index contributed by atoms with van der Waals surface area (Å²) in [5.74, 6) is 0.762. The van der Waals surface area contributed by atoms with Crippen LogP contribution in [0.25, 0.3) is 0 Å². The lowest BCUT2D eigenvalue weighted by molar-refractivity contribution is 0.213. The van der Waals surface area contributed by atoms with Crippen LogP contribution in [-0.4, -0.2) is 11.7 Å². The highest BCUT2D eigenvalue weighted by Crippen LogP contribution is 2.39. The zero-order valence-corrected chi connectivity index (χ0v) is 14.3. The molecule has 1 heterocycles. The molecule has 1 aliphatic heterocycles. The normalized spacial score (nSPS) is 14.8. The smallest absolute Gasteiger partial charge is 0.128 e. The van der Waals surface area contributed by atoms with Gasteiger partial charge in [0.2, 0.25) is 0 Å². The monoisotopic (exact) mass is 416 g/mol. The van der Waals surface area contributed by atoms with Gasteiger partial charge < -0.3 is 9.84 Å². The molecule has 0 radical (unpaired) electrons. The Kier molecular flexibility index (Phi) is 4.09. The topological polar surface area (TPSA) is 29.5 Å². The molecule has 2 aromatic carbocycles. The molecule has 1 aliphatic rings. The summed E-state index contributed by atoms with van der Waals surface area (Å²) in [5, 5.41) is 11.3. The predicted molar refractivity (Wildman–Crippen MR) is 86.6 cm³/mol. The lowest BCUT2D eigenvalue weighted by atomic mass is 9.98. The van der Waals surface area contributed by atoms with E-state index in [1.807, 2.05) is 24.3 Å². The number of benzene rings is 2. The third-order valence-electron chi connectivity index (χ3n) is 3.27. The van der Waals surface area contributed by atoms with Gasteiger partial charge >= 0.3 is 0 Å². The van der Waals surface area contributed by atoms with Gasteiger partial charge in [-0.25, -0.2) is 0 Å². The minimum Gasteiger partial charge on any atom is -0.493 e. The van der Waals surface area contributed by atoms with Crippen LogP contribution in [0.4, 0.5) is 0 Å². The third kappa shape index (κ3) is 2.75. The molecule has 2 nitrogen and oxygen atoms in total. The minimum absolute atomic E-state index is 0.623. The van der Waals surface area contributed by atoms with Crippen LogP contribution in [0.2, 0.25) is 5.02 Å². The fraction of sp³-hybridized carbons (Fsp3) is 0.200. The number of halogens is 3. The molecule has 5 heteroatoms. The van der Waals surface area contributed by atoms with E-state index in [9.17, 15) is 5.11 Å². The molecule has 104 valence electrons. The van der Waals surface area contributed by atoms with Gasteiger partial charge in [0.1, 0.15) is 11.9 Å². The van der Waals surface area contributed by atoms with Crippen LogP contribution in [0.15, 0.2) is 39.3 Å². The molecule has 1 N–H and O–H groups in total. The Morgan fingerprint density at radius 2 is 1.80 bits per heavy atom. The first-order valence-electron chi connectivity index (χ1n) is 6.14. The van der Waals surface area contributed by atoms with Crippen molar-refractivity contribution in [3.63, 3.8) is 0 Å². The zero-order chi connectivity index (χ0) is 14.3. The molecule has 2 aromatic rings. The van der Waals surface area contributed by atoms with Gasteiger partial charge in [0.15, 0.2) is 0 Å². The largest absolute Gasteiger partial charge is 0.493 e. The fourth-order valence-corrected chi connectivity index (χ4v) is 3.99. The number of rotatable bonds is 2. The van der Waals surface area contributed by atoms with E-state index in [1.165, 1.54) is 0 Å². The Morgan fingerprint density at radius 3 is 2.50 bits per heavy atom. The van der Waals surface area contributed by atoms with Gasteiger partial charge in [0.25, 0.3) is 0 Å². The van der Waals surface area contributed by atoms with E-state index in [4.69, 9.17) is 16.3 Å². The van der Waals surface area contributed by atoms with Crippen molar-refractivity contribution >= 4 is 43.5 Å². The molecule has 0 amide bonds. The summed E-state index contributed by atoms with van der Waals surface area (Å²) < 4.78 is 7.45. The minimum atomic E-state index is -0.769. The number of ether oxygens (including phenoxy) is 1. The summed E-state index contributed by atoms with van der Waals surface area (Å²) in [7, 11) is 0. The van der Waals surface area contributed by atoms with E-state index >= 15 is 0 Å². The van der Waals surface area contributed by atoms with E-state index in [0.717, 1.165) is 37.8 Å². The third-order valence-corrected chi connectivity index (χ3v) is 4.41. The van der Waals surface area contributed by atoms with Crippen molar-refractivity contribution < 1.29 is 9.84 Å². The maximum Gasteiger partial charge on any atom is 0.128 e. The summed E-state index contributed by atoms with van der Waals surface area (Å²) >= 11 is 13.0. The van der Waals surface area contributed by atoms with E-state index in [-0.39, 0.29) is 0 Å². The number of aliphatic hydroxyl groups is 1. The van der Waals surface area contributed by atoms with Crippen molar-refractivity contribution in [1.29, 1.82) is 0 Å². The number of aliphatic hydroxyl groups excluding tert-OH is 1. The molecular formula is C15H11Br2ClO2. The molecular weight excluding hydrogens is 407 g/mol. The van der Waals surface area contributed by atoms with Crippen LogP contribution in [0.1, 0.15) is 22.8 Å². The first kappa shape index (κ1) is 14.4. The van der Waals surface area contributed by atoms with Gasteiger partial charge in [0, 0.05) is 26.0 Å².